The fourth-order valence-electron chi connectivity index (χ4n) is 4.61. The Balaban J connectivity index is 0.00000380. The van der Waals surface area contributed by atoms with Crippen LogP contribution in [-0.4, -0.2) is 72.4 Å². The van der Waals surface area contributed by atoms with Crippen molar-refractivity contribution >= 4 is 58.9 Å². The van der Waals surface area contributed by atoms with Crippen LogP contribution in [0.2, 0.25) is 5.02 Å². The molecule has 2 aromatic rings. The number of rotatable bonds is 6. The minimum atomic E-state index is -0.431. The summed E-state index contributed by atoms with van der Waals surface area (Å²) in [6.45, 7) is 1.70. The van der Waals surface area contributed by atoms with Crippen LogP contribution in [0, 0.1) is 5.92 Å². The van der Waals surface area contributed by atoms with E-state index in [2.05, 4.69) is 38.4 Å². The van der Waals surface area contributed by atoms with Gasteiger partial charge in [0, 0.05) is 49.4 Å². The number of carbonyl (C=O) groups is 3. The summed E-state index contributed by atoms with van der Waals surface area (Å²) in [6.07, 6.45) is 2.44. The number of anilines is 1. The van der Waals surface area contributed by atoms with Crippen LogP contribution in [-0.2, 0) is 17.8 Å². The number of carbonyl (C=O) groups excluding carboxylic acids is 3. The van der Waals surface area contributed by atoms with Crippen molar-refractivity contribution in [3.63, 3.8) is 0 Å². The van der Waals surface area contributed by atoms with E-state index in [1.165, 1.54) is 11.3 Å². The summed E-state index contributed by atoms with van der Waals surface area (Å²) in [5.41, 5.74) is 7.11. The molecule has 1 aliphatic heterocycles. The SMILES string of the molecule is CN1CCc2nc(C(=O)N[C@@H]3C[C@@H](C(=O)N(C)C)CC[C@@H]3NC(=O)NNc3ccc(Cl)cc3)sc2C1.Cl. The first-order chi connectivity index (χ1) is 17.2. The Kier molecular flexibility index (Phi) is 10.00. The third-order valence-electron chi connectivity index (χ3n) is 6.55. The average Bonchev–Trinajstić information content (AvgIpc) is 3.27. The lowest BCUT2D eigenvalue weighted by Crippen LogP contribution is -2.57. The lowest BCUT2D eigenvalue weighted by atomic mass is 9.81. The summed E-state index contributed by atoms with van der Waals surface area (Å²) in [6, 6.07) is 5.74. The highest BCUT2D eigenvalue weighted by atomic mass is 35.5. The summed E-state index contributed by atoms with van der Waals surface area (Å²) in [7, 11) is 5.51. The van der Waals surface area contributed by atoms with Gasteiger partial charge in [-0.2, -0.15) is 0 Å². The van der Waals surface area contributed by atoms with Crippen LogP contribution in [0.25, 0.3) is 0 Å². The summed E-state index contributed by atoms with van der Waals surface area (Å²) >= 11 is 7.31. The number of thiazole rings is 1. The quantitative estimate of drug-likeness (QED) is 0.397. The first-order valence-electron chi connectivity index (χ1n) is 12.0. The molecule has 2 heterocycles. The minimum absolute atomic E-state index is 0. The molecule has 1 saturated carbocycles. The zero-order valence-electron chi connectivity index (χ0n) is 21.0. The van der Waals surface area contributed by atoms with Gasteiger partial charge < -0.3 is 20.4 Å². The second-order valence-corrected chi connectivity index (χ2v) is 11.1. The van der Waals surface area contributed by atoms with Gasteiger partial charge in [0.15, 0.2) is 5.01 Å². The second-order valence-electron chi connectivity index (χ2n) is 9.54. The van der Waals surface area contributed by atoms with Crippen LogP contribution >= 0.6 is 35.3 Å². The number of halogens is 2. The maximum Gasteiger partial charge on any atom is 0.333 e. The van der Waals surface area contributed by atoms with E-state index in [4.69, 9.17) is 11.6 Å². The van der Waals surface area contributed by atoms with E-state index in [-0.39, 0.29) is 36.2 Å². The maximum absolute atomic E-state index is 13.2. The molecule has 1 aromatic heterocycles. The smallest absolute Gasteiger partial charge is 0.333 e. The molecule has 0 radical (unpaired) electrons. The van der Waals surface area contributed by atoms with E-state index < -0.39 is 12.1 Å². The third-order valence-corrected chi connectivity index (χ3v) is 7.89. The number of nitrogens with zero attached hydrogens (tertiary/aromatic N) is 3. The van der Waals surface area contributed by atoms with Crippen molar-refractivity contribution in [2.45, 2.75) is 44.3 Å². The van der Waals surface area contributed by atoms with Gasteiger partial charge in [-0.25, -0.2) is 9.78 Å². The number of hydrogen-bond acceptors (Lipinski definition) is 7. The average molecular weight is 571 g/mol. The molecular weight excluding hydrogens is 537 g/mol. The molecule has 4 amide bonds. The van der Waals surface area contributed by atoms with Gasteiger partial charge in [0.25, 0.3) is 5.91 Å². The number of likely N-dealkylation sites (N-methyl/N-ethyl adjacent to an activating group) is 1. The van der Waals surface area contributed by atoms with Crippen molar-refractivity contribution in [2.75, 3.05) is 33.1 Å². The largest absolute Gasteiger partial charge is 0.349 e. The van der Waals surface area contributed by atoms with Gasteiger partial charge in [-0.05, 0) is 50.6 Å². The summed E-state index contributed by atoms with van der Waals surface area (Å²) in [5.74, 6) is -0.474. The second kappa shape index (κ2) is 12.8. The van der Waals surface area contributed by atoms with Gasteiger partial charge in [0.2, 0.25) is 5.91 Å². The van der Waals surface area contributed by atoms with Gasteiger partial charge >= 0.3 is 6.03 Å². The van der Waals surface area contributed by atoms with Crippen LogP contribution in [0.15, 0.2) is 24.3 Å². The lowest BCUT2D eigenvalue weighted by Gasteiger charge is -2.37. The maximum atomic E-state index is 13.2. The molecule has 0 spiro atoms. The molecule has 3 atom stereocenters. The Labute approximate surface area is 231 Å². The van der Waals surface area contributed by atoms with Crippen LogP contribution in [0.5, 0.6) is 0 Å². The normalized spacial score (nSPS) is 21.1. The highest BCUT2D eigenvalue weighted by molar-refractivity contribution is 7.13. The van der Waals surface area contributed by atoms with Gasteiger partial charge in [-0.3, -0.25) is 20.4 Å². The number of fused-ring (bicyclic) bond motifs is 1. The van der Waals surface area contributed by atoms with Gasteiger partial charge in [0.1, 0.15) is 0 Å². The minimum Gasteiger partial charge on any atom is -0.349 e. The van der Waals surface area contributed by atoms with Crippen molar-refractivity contribution in [1.29, 1.82) is 0 Å². The number of nitrogens with one attached hydrogen (secondary N) is 4. The molecule has 10 nitrogen and oxygen atoms in total. The van der Waals surface area contributed by atoms with Gasteiger partial charge in [-0.1, -0.05) is 11.6 Å². The number of benzene rings is 1. The molecule has 2 aliphatic rings. The summed E-state index contributed by atoms with van der Waals surface area (Å²) in [4.78, 5) is 47.9. The highest BCUT2D eigenvalue weighted by Gasteiger charge is 2.37. The van der Waals surface area contributed by atoms with Crippen LogP contribution < -0.4 is 21.5 Å². The monoisotopic (exact) mass is 569 g/mol. The molecule has 4 N–H and O–H groups in total. The van der Waals surface area contributed by atoms with Crippen LogP contribution in [0.4, 0.5) is 10.5 Å². The number of urea groups is 1. The molecule has 1 fully saturated rings. The van der Waals surface area contributed by atoms with E-state index in [9.17, 15) is 14.4 Å². The Morgan fingerprint density at radius 3 is 2.54 bits per heavy atom. The zero-order valence-corrected chi connectivity index (χ0v) is 23.4. The van der Waals surface area contributed by atoms with Crippen molar-refractivity contribution in [3.05, 3.63) is 44.9 Å². The number of aromatic nitrogens is 1. The molecule has 4 rings (SSSR count). The van der Waals surface area contributed by atoms with Crippen LogP contribution in [0.1, 0.15) is 39.6 Å². The number of hydrazine groups is 1. The van der Waals surface area contributed by atoms with Crippen molar-refractivity contribution < 1.29 is 14.4 Å². The molecule has 0 unspecified atom stereocenters. The molecule has 1 aliphatic carbocycles. The third kappa shape index (κ3) is 7.47. The molecular formula is C24H33Cl2N7O3S. The van der Waals surface area contributed by atoms with Gasteiger partial charge in [0.05, 0.1) is 23.5 Å². The zero-order chi connectivity index (χ0) is 25.8. The van der Waals surface area contributed by atoms with Gasteiger partial charge in [-0.15, -0.1) is 23.7 Å². The highest BCUT2D eigenvalue weighted by Crippen LogP contribution is 2.28. The molecule has 202 valence electrons. The Bertz CT molecular complexity index is 1110. The lowest BCUT2D eigenvalue weighted by molar-refractivity contribution is -0.134. The number of hydrogen-bond donors (Lipinski definition) is 4. The van der Waals surface area contributed by atoms with Crippen LogP contribution in [0.3, 0.4) is 0 Å². The number of amides is 4. The predicted octanol–water partition coefficient (Wildman–Crippen LogP) is 2.89. The van der Waals surface area contributed by atoms with E-state index in [0.717, 1.165) is 30.1 Å². The first-order valence-corrected chi connectivity index (χ1v) is 13.2. The van der Waals surface area contributed by atoms with E-state index in [0.29, 0.717) is 35.0 Å². The molecule has 13 heteroatoms. The van der Waals surface area contributed by atoms with E-state index >= 15 is 0 Å². The first kappa shape index (κ1) is 29.0. The fourth-order valence-corrected chi connectivity index (χ4v) is 5.83. The Morgan fingerprint density at radius 2 is 1.84 bits per heavy atom. The molecule has 0 bridgehead atoms. The fraction of sp³-hybridized carbons (Fsp3) is 0.500. The Morgan fingerprint density at radius 1 is 1.11 bits per heavy atom. The Hall–Kier alpha value is -2.60. The molecule has 37 heavy (non-hydrogen) atoms. The standard InChI is InChI=1S/C24H32ClN7O3S.ClH/c1-31(2)23(34)14-4-9-17(28-24(35)30-29-16-7-5-15(25)6-8-16)19(12-14)26-21(33)22-27-18-10-11-32(3)13-20(18)36-22;/h5-8,14,17,19,29H,4,9-13H2,1-3H3,(H,26,33)(H2,28,30,35);1H/t14-,17-,19+;/m0./s1. The van der Waals surface area contributed by atoms with Crippen molar-refractivity contribution in [2.24, 2.45) is 5.92 Å². The molecule has 0 saturated heterocycles. The molecule has 1 aromatic carbocycles. The predicted molar refractivity (Wildman–Crippen MR) is 147 cm³/mol. The van der Waals surface area contributed by atoms with E-state index in [1.54, 1.807) is 43.3 Å². The van der Waals surface area contributed by atoms with Crippen molar-refractivity contribution in [3.8, 4) is 0 Å². The van der Waals surface area contributed by atoms with E-state index in [1.807, 2.05) is 0 Å². The topological polar surface area (TPSA) is 119 Å². The summed E-state index contributed by atoms with van der Waals surface area (Å²) < 4.78 is 0. The summed E-state index contributed by atoms with van der Waals surface area (Å²) in [5, 5.41) is 7.03. The van der Waals surface area contributed by atoms with Crippen molar-refractivity contribution in [1.82, 2.24) is 30.8 Å².